The predicted molar refractivity (Wildman–Crippen MR) is 87.7 cm³/mol. The first-order chi connectivity index (χ1) is 8.34. The second-order valence-corrected chi connectivity index (χ2v) is 5.21. The van der Waals surface area contributed by atoms with Gasteiger partial charge in [0.25, 0.3) is 0 Å². The zero-order valence-electron chi connectivity index (χ0n) is 13.2. The summed E-state index contributed by atoms with van der Waals surface area (Å²) < 4.78 is 4.75. The smallest absolute Gasteiger partial charge is 0.0515 e. The van der Waals surface area contributed by atoms with Crippen molar-refractivity contribution >= 4 is 0 Å². The number of nitrogens with two attached hydrogens (primary N) is 1. The third-order valence-corrected chi connectivity index (χ3v) is 2.23. The number of H-pyrrole nitrogens is 1. The van der Waals surface area contributed by atoms with Gasteiger partial charge in [0.05, 0.1) is 6.10 Å². The maximum atomic E-state index is 5.17. The monoisotopic (exact) mass is 272 g/mol. The molecule has 3 N–H and O–H groups in total. The average molecular weight is 272 g/mol. The summed E-state index contributed by atoms with van der Waals surface area (Å²) in [7, 11) is 1.70. The number of aromatic amines is 1. The maximum absolute atomic E-state index is 5.17. The van der Waals surface area contributed by atoms with Crippen LogP contribution in [0.15, 0.2) is 18.5 Å². The molecule has 0 aliphatic rings. The Hall–Kier alpha value is -0.800. The highest BCUT2D eigenvalue weighted by molar-refractivity contribution is 5.12. The number of hydrogen-bond acceptors (Lipinski definition) is 2. The van der Waals surface area contributed by atoms with Gasteiger partial charge in [-0.1, -0.05) is 35.1 Å². The highest BCUT2D eigenvalue weighted by Gasteiger charge is 1.94. The summed E-state index contributed by atoms with van der Waals surface area (Å²) in [4.78, 5) is 3.01. The van der Waals surface area contributed by atoms with Crippen LogP contribution in [0, 0.1) is 5.92 Å². The first kappa shape index (κ1) is 23.3. The molecule has 0 saturated heterocycles. The van der Waals surface area contributed by atoms with Gasteiger partial charge in [-0.05, 0) is 43.9 Å². The van der Waals surface area contributed by atoms with Crippen LogP contribution in [-0.2, 0) is 4.74 Å². The number of hydrogen-bond donors (Lipinski definition) is 2. The molecule has 3 heteroatoms. The summed E-state index contributed by atoms with van der Waals surface area (Å²) in [5.74, 6) is 1.32. The standard InChI is InChI=1S/C7H11N.C4H11N.C4H10O.CH4/c1-6(2)7-3-4-8-5-7;1-4(2)3-5;1-4(2)5-3;/h3-6,8H,1-2H3;4H,3,5H2,1-2H3;4H,1-3H3;1H4. The topological polar surface area (TPSA) is 51.0 Å². The van der Waals surface area contributed by atoms with E-state index in [1.165, 1.54) is 5.56 Å². The molecule has 0 fully saturated rings. The minimum atomic E-state index is 0. The molecule has 0 aliphatic carbocycles. The van der Waals surface area contributed by atoms with Crippen LogP contribution in [0.3, 0.4) is 0 Å². The van der Waals surface area contributed by atoms with Gasteiger partial charge < -0.3 is 15.5 Å². The van der Waals surface area contributed by atoms with E-state index in [1.807, 2.05) is 26.2 Å². The molecule has 1 aromatic heterocycles. The Labute approximate surface area is 120 Å². The zero-order chi connectivity index (χ0) is 14.6. The summed E-state index contributed by atoms with van der Waals surface area (Å²) in [5.41, 5.74) is 6.55. The van der Waals surface area contributed by atoms with Crippen LogP contribution in [0.25, 0.3) is 0 Å². The van der Waals surface area contributed by atoms with Crippen LogP contribution >= 0.6 is 0 Å². The van der Waals surface area contributed by atoms with E-state index in [1.54, 1.807) is 7.11 Å². The van der Waals surface area contributed by atoms with E-state index in [9.17, 15) is 0 Å². The number of rotatable bonds is 3. The Kier molecular flexibility index (Phi) is 18.7. The van der Waals surface area contributed by atoms with Crippen molar-refractivity contribution in [1.29, 1.82) is 0 Å². The van der Waals surface area contributed by atoms with Gasteiger partial charge in [-0.25, -0.2) is 0 Å². The molecule has 0 bridgehead atoms. The largest absolute Gasteiger partial charge is 0.382 e. The molecule has 116 valence electrons. The molecule has 0 unspecified atom stereocenters. The fraction of sp³-hybridized carbons (Fsp3) is 0.750. The molecule has 0 aromatic carbocycles. The van der Waals surface area contributed by atoms with Gasteiger partial charge in [-0.3, -0.25) is 0 Å². The lowest BCUT2D eigenvalue weighted by Gasteiger charge is -1.96. The van der Waals surface area contributed by atoms with Gasteiger partial charge in [0.15, 0.2) is 0 Å². The molecule has 3 nitrogen and oxygen atoms in total. The molecule has 0 amide bonds. The lowest BCUT2D eigenvalue weighted by Crippen LogP contribution is -2.05. The summed E-state index contributed by atoms with van der Waals surface area (Å²) in [6.07, 6.45) is 4.37. The Morgan fingerprint density at radius 3 is 1.68 bits per heavy atom. The second-order valence-electron chi connectivity index (χ2n) is 5.21. The summed E-state index contributed by atoms with van der Waals surface area (Å²) in [6.45, 7) is 13.4. The predicted octanol–water partition coefficient (Wildman–Crippen LogP) is 4.42. The molecule has 1 heterocycles. The Bertz CT molecular complexity index is 233. The first-order valence-electron chi connectivity index (χ1n) is 6.70. The summed E-state index contributed by atoms with van der Waals surface area (Å²) in [6, 6.07) is 2.10. The van der Waals surface area contributed by atoms with Crippen molar-refractivity contribution in [3.8, 4) is 0 Å². The van der Waals surface area contributed by atoms with Crippen LogP contribution in [0.2, 0.25) is 0 Å². The van der Waals surface area contributed by atoms with Crippen LogP contribution in [0.1, 0.15) is 60.5 Å². The van der Waals surface area contributed by atoms with Crippen molar-refractivity contribution in [3.63, 3.8) is 0 Å². The third-order valence-electron chi connectivity index (χ3n) is 2.23. The summed E-state index contributed by atoms with van der Waals surface area (Å²) in [5, 5.41) is 0. The number of ether oxygens (including phenoxy) is 1. The van der Waals surface area contributed by atoms with E-state index >= 15 is 0 Å². The van der Waals surface area contributed by atoms with Crippen molar-refractivity contribution in [2.45, 2.75) is 61.0 Å². The van der Waals surface area contributed by atoms with Crippen LogP contribution < -0.4 is 5.73 Å². The van der Waals surface area contributed by atoms with E-state index in [0.29, 0.717) is 17.9 Å². The lowest BCUT2D eigenvalue weighted by atomic mass is 10.1. The van der Waals surface area contributed by atoms with Crippen molar-refractivity contribution in [2.75, 3.05) is 13.7 Å². The van der Waals surface area contributed by atoms with E-state index < -0.39 is 0 Å². The van der Waals surface area contributed by atoms with Gasteiger partial charge in [0.2, 0.25) is 0 Å². The molecular formula is C16H36N2O. The molecule has 0 spiro atoms. The molecule has 0 radical (unpaired) electrons. The highest BCUT2D eigenvalue weighted by Crippen LogP contribution is 2.10. The normalized spacial score (nSPS) is 9.42. The number of nitrogens with one attached hydrogen (secondary N) is 1. The highest BCUT2D eigenvalue weighted by atomic mass is 16.5. The van der Waals surface area contributed by atoms with Crippen molar-refractivity contribution < 1.29 is 4.74 Å². The van der Waals surface area contributed by atoms with E-state index in [-0.39, 0.29) is 7.43 Å². The molecular weight excluding hydrogens is 236 g/mol. The van der Waals surface area contributed by atoms with E-state index in [2.05, 4.69) is 38.7 Å². The van der Waals surface area contributed by atoms with Gasteiger partial charge in [-0.15, -0.1) is 0 Å². The van der Waals surface area contributed by atoms with Crippen molar-refractivity contribution in [3.05, 3.63) is 24.0 Å². The number of aromatic nitrogens is 1. The van der Waals surface area contributed by atoms with Crippen molar-refractivity contribution in [2.24, 2.45) is 11.7 Å². The summed E-state index contributed by atoms with van der Waals surface area (Å²) >= 11 is 0. The maximum Gasteiger partial charge on any atom is 0.0515 e. The molecule has 19 heavy (non-hydrogen) atoms. The fourth-order valence-corrected chi connectivity index (χ4v) is 0.696. The molecule has 1 aromatic rings. The van der Waals surface area contributed by atoms with Gasteiger partial charge in [-0.2, -0.15) is 0 Å². The van der Waals surface area contributed by atoms with E-state index in [0.717, 1.165) is 6.54 Å². The Morgan fingerprint density at radius 2 is 1.58 bits per heavy atom. The molecule has 0 saturated carbocycles. The van der Waals surface area contributed by atoms with E-state index in [4.69, 9.17) is 10.5 Å². The van der Waals surface area contributed by atoms with Crippen molar-refractivity contribution in [1.82, 2.24) is 4.98 Å². The second kappa shape index (κ2) is 15.3. The van der Waals surface area contributed by atoms with Crippen LogP contribution in [0.4, 0.5) is 0 Å². The third kappa shape index (κ3) is 19.7. The minimum Gasteiger partial charge on any atom is -0.382 e. The minimum absolute atomic E-state index is 0. The first-order valence-corrected chi connectivity index (χ1v) is 6.70. The fourth-order valence-electron chi connectivity index (χ4n) is 0.696. The molecule has 1 rings (SSSR count). The Balaban J connectivity index is -0.000000208. The quantitative estimate of drug-likeness (QED) is 0.856. The van der Waals surface area contributed by atoms with Gasteiger partial charge >= 0.3 is 0 Å². The average Bonchev–Trinajstić information content (AvgIpc) is 2.84. The van der Waals surface area contributed by atoms with Crippen LogP contribution in [0.5, 0.6) is 0 Å². The Morgan fingerprint density at radius 1 is 1.16 bits per heavy atom. The lowest BCUT2D eigenvalue weighted by molar-refractivity contribution is 0.134. The van der Waals surface area contributed by atoms with Crippen LogP contribution in [-0.4, -0.2) is 24.7 Å². The van der Waals surface area contributed by atoms with Gasteiger partial charge in [0.1, 0.15) is 0 Å². The molecule has 0 aliphatic heterocycles. The SMILES string of the molecule is C.CC(C)CN.CC(C)c1cc[nH]c1.COC(C)C. The van der Waals surface area contributed by atoms with Gasteiger partial charge in [0, 0.05) is 19.5 Å². The molecule has 0 atom stereocenters. The number of methoxy groups -OCH3 is 1. The zero-order valence-corrected chi connectivity index (χ0v) is 13.2.